The molecular weight excluding hydrogens is 284 g/mol. The van der Waals surface area contributed by atoms with Crippen molar-refractivity contribution in [3.63, 3.8) is 0 Å². The maximum atomic E-state index is 12.2. The Bertz CT molecular complexity index is 593. The van der Waals surface area contributed by atoms with E-state index in [2.05, 4.69) is 20.9 Å². The van der Waals surface area contributed by atoms with Gasteiger partial charge in [-0.05, 0) is 19.1 Å². The summed E-state index contributed by atoms with van der Waals surface area (Å²) in [7, 11) is 0. The van der Waals surface area contributed by atoms with E-state index in [1.54, 1.807) is 6.07 Å². The zero-order chi connectivity index (χ0) is 12.4. The van der Waals surface area contributed by atoms with Gasteiger partial charge in [0.05, 0.1) is 28.9 Å². The third kappa shape index (κ3) is 2.25. The van der Waals surface area contributed by atoms with E-state index in [-0.39, 0.29) is 23.5 Å². The van der Waals surface area contributed by atoms with Crippen molar-refractivity contribution in [3.05, 3.63) is 40.4 Å². The average Bonchev–Trinajstić information content (AvgIpc) is 2.32. The smallest absolute Gasteiger partial charge is 0.261 e. The maximum Gasteiger partial charge on any atom is 0.261 e. The molecule has 0 aliphatic carbocycles. The van der Waals surface area contributed by atoms with Gasteiger partial charge >= 0.3 is 0 Å². The Kier molecular flexibility index (Phi) is 3.59. The molecular formula is C12H13BrN2O2. The summed E-state index contributed by atoms with van der Waals surface area (Å²) < 4.78 is 1.52. The number of benzene rings is 1. The first-order valence-electron chi connectivity index (χ1n) is 5.39. The number of alkyl halides is 1. The van der Waals surface area contributed by atoms with Crippen LogP contribution in [0.15, 0.2) is 29.1 Å². The summed E-state index contributed by atoms with van der Waals surface area (Å²) in [6.07, 6.45) is 0. The molecule has 1 aromatic carbocycles. The van der Waals surface area contributed by atoms with Gasteiger partial charge < -0.3 is 5.11 Å². The Morgan fingerprint density at radius 1 is 1.47 bits per heavy atom. The third-order valence-corrected chi connectivity index (χ3v) is 2.98. The van der Waals surface area contributed by atoms with Crippen molar-refractivity contribution in [2.75, 3.05) is 6.61 Å². The van der Waals surface area contributed by atoms with Crippen LogP contribution in [0.5, 0.6) is 0 Å². The predicted molar refractivity (Wildman–Crippen MR) is 70.4 cm³/mol. The van der Waals surface area contributed by atoms with Gasteiger partial charge in [-0.1, -0.05) is 28.1 Å². The second kappa shape index (κ2) is 4.98. The molecule has 1 N–H and O–H groups in total. The van der Waals surface area contributed by atoms with E-state index in [0.717, 1.165) is 0 Å². The highest BCUT2D eigenvalue weighted by molar-refractivity contribution is 9.09. The molecule has 2 rings (SSSR count). The Labute approximate surface area is 107 Å². The summed E-state index contributed by atoms with van der Waals surface area (Å²) in [6.45, 7) is 2.10. The number of nitrogens with zero attached hydrogens (tertiary/aromatic N) is 2. The quantitative estimate of drug-likeness (QED) is 0.880. The SMILES string of the molecule is CC(Br)c1nc2ccccc2c(=O)n1CCO. The van der Waals surface area contributed by atoms with Crippen LogP contribution < -0.4 is 5.56 Å². The molecule has 0 bridgehead atoms. The molecule has 1 heterocycles. The van der Waals surface area contributed by atoms with Crippen molar-refractivity contribution in [2.24, 2.45) is 0 Å². The monoisotopic (exact) mass is 296 g/mol. The predicted octanol–water partition coefficient (Wildman–Crippen LogP) is 1.84. The van der Waals surface area contributed by atoms with E-state index in [0.29, 0.717) is 16.7 Å². The lowest BCUT2D eigenvalue weighted by atomic mass is 10.2. The van der Waals surface area contributed by atoms with Gasteiger partial charge in [-0.15, -0.1) is 0 Å². The van der Waals surface area contributed by atoms with Crippen molar-refractivity contribution < 1.29 is 5.11 Å². The molecule has 0 saturated carbocycles. The van der Waals surface area contributed by atoms with Gasteiger partial charge in [-0.2, -0.15) is 0 Å². The highest BCUT2D eigenvalue weighted by Crippen LogP contribution is 2.20. The molecule has 0 aliphatic heterocycles. The summed E-state index contributed by atoms with van der Waals surface area (Å²) in [4.78, 5) is 16.7. The molecule has 1 unspecified atom stereocenters. The molecule has 4 nitrogen and oxygen atoms in total. The van der Waals surface area contributed by atoms with Crippen LogP contribution in [0.1, 0.15) is 17.6 Å². The van der Waals surface area contributed by atoms with Crippen LogP contribution in [0.25, 0.3) is 10.9 Å². The van der Waals surface area contributed by atoms with Gasteiger partial charge in [0.15, 0.2) is 0 Å². The molecule has 0 fully saturated rings. The minimum atomic E-state index is -0.106. The minimum Gasteiger partial charge on any atom is -0.395 e. The van der Waals surface area contributed by atoms with E-state index in [4.69, 9.17) is 5.11 Å². The molecule has 0 spiro atoms. The second-order valence-electron chi connectivity index (χ2n) is 3.78. The topological polar surface area (TPSA) is 55.1 Å². The molecule has 2 aromatic rings. The number of hydrogen-bond donors (Lipinski definition) is 1. The number of aliphatic hydroxyl groups excluding tert-OH is 1. The van der Waals surface area contributed by atoms with Crippen LogP contribution in [0, 0.1) is 0 Å². The van der Waals surface area contributed by atoms with Gasteiger partial charge in [-0.3, -0.25) is 9.36 Å². The van der Waals surface area contributed by atoms with Gasteiger partial charge in [0, 0.05) is 0 Å². The van der Waals surface area contributed by atoms with Gasteiger partial charge in [0.25, 0.3) is 5.56 Å². The molecule has 1 aromatic heterocycles. The van der Waals surface area contributed by atoms with E-state index in [1.807, 2.05) is 25.1 Å². The van der Waals surface area contributed by atoms with Crippen molar-refractivity contribution in [1.82, 2.24) is 9.55 Å². The van der Waals surface area contributed by atoms with E-state index in [9.17, 15) is 4.79 Å². The number of fused-ring (bicyclic) bond motifs is 1. The number of aliphatic hydroxyl groups is 1. The molecule has 0 aliphatic rings. The normalized spacial score (nSPS) is 12.9. The Hall–Kier alpha value is -1.20. The molecule has 0 radical (unpaired) electrons. The summed E-state index contributed by atoms with van der Waals surface area (Å²) >= 11 is 3.42. The number of halogens is 1. The molecule has 1 atom stereocenters. The lowest BCUT2D eigenvalue weighted by molar-refractivity contribution is 0.272. The molecule has 0 amide bonds. The zero-order valence-corrected chi connectivity index (χ0v) is 11.0. The zero-order valence-electron chi connectivity index (χ0n) is 9.43. The lowest BCUT2D eigenvalue weighted by Crippen LogP contribution is -2.27. The Balaban J connectivity index is 2.79. The standard InChI is InChI=1S/C12H13BrN2O2/c1-8(13)11-14-10-5-3-2-4-9(10)12(17)15(11)6-7-16/h2-5,8,16H,6-7H2,1H3. The number of hydrogen-bond acceptors (Lipinski definition) is 3. The first-order valence-corrected chi connectivity index (χ1v) is 6.31. The first-order chi connectivity index (χ1) is 8.15. The summed E-state index contributed by atoms with van der Waals surface area (Å²) in [6, 6.07) is 7.24. The summed E-state index contributed by atoms with van der Waals surface area (Å²) in [5.74, 6) is 0.641. The van der Waals surface area contributed by atoms with Crippen LogP contribution in [-0.2, 0) is 6.54 Å². The van der Waals surface area contributed by atoms with E-state index >= 15 is 0 Å². The van der Waals surface area contributed by atoms with Crippen LogP contribution >= 0.6 is 15.9 Å². The van der Waals surface area contributed by atoms with Crippen LogP contribution in [-0.4, -0.2) is 21.3 Å². The van der Waals surface area contributed by atoms with E-state index < -0.39 is 0 Å². The fourth-order valence-electron chi connectivity index (χ4n) is 1.80. The van der Waals surface area contributed by atoms with Crippen LogP contribution in [0.4, 0.5) is 0 Å². The highest BCUT2D eigenvalue weighted by Gasteiger charge is 2.13. The Morgan fingerprint density at radius 2 is 2.18 bits per heavy atom. The molecule has 0 saturated heterocycles. The molecule has 17 heavy (non-hydrogen) atoms. The third-order valence-electron chi connectivity index (χ3n) is 2.57. The Morgan fingerprint density at radius 3 is 2.82 bits per heavy atom. The van der Waals surface area contributed by atoms with Crippen molar-refractivity contribution in [1.29, 1.82) is 0 Å². The minimum absolute atomic E-state index is 0.0358. The van der Waals surface area contributed by atoms with Crippen molar-refractivity contribution >= 4 is 26.8 Å². The largest absolute Gasteiger partial charge is 0.395 e. The average molecular weight is 297 g/mol. The van der Waals surface area contributed by atoms with E-state index in [1.165, 1.54) is 4.57 Å². The summed E-state index contributed by atoms with van der Waals surface area (Å²) in [5.41, 5.74) is 0.582. The van der Waals surface area contributed by atoms with Crippen LogP contribution in [0.2, 0.25) is 0 Å². The first kappa shape index (κ1) is 12.3. The van der Waals surface area contributed by atoms with Gasteiger partial charge in [0.1, 0.15) is 5.82 Å². The van der Waals surface area contributed by atoms with Crippen molar-refractivity contribution in [3.8, 4) is 0 Å². The number of para-hydroxylation sites is 1. The number of rotatable bonds is 3. The highest BCUT2D eigenvalue weighted by atomic mass is 79.9. The maximum absolute atomic E-state index is 12.2. The fourth-order valence-corrected chi connectivity index (χ4v) is 2.15. The lowest BCUT2D eigenvalue weighted by Gasteiger charge is -2.13. The van der Waals surface area contributed by atoms with Gasteiger partial charge in [-0.25, -0.2) is 4.98 Å². The molecule has 90 valence electrons. The van der Waals surface area contributed by atoms with Crippen LogP contribution in [0.3, 0.4) is 0 Å². The summed E-state index contributed by atoms with van der Waals surface area (Å²) in [5, 5.41) is 9.60. The van der Waals surface area contributed by atoms with Gasteiger partial charge in [0.2, 0.25) is 0 Å². The molecule has 5 heteroatoms. The second-order valence-corrected chi connectivity index (χ2v) is 5.16. The fraction of sp³-hybridized carbons (Fsp3) is 0.333. The number of aromatic nitrogens is 2. The van der Waals surface area contributed by atoms with Crippen molar-refractivity contribution in [2.45, 2.75) is 18.3 Å².